The number of halogens is 1. The number of nitrogens with one attached hydrogen (secondary N) is 1. The van der Waals surface area contributed by atoms with Crippen molar-refractivity contribution in [2.24, 2.45) is 0 Å². The van der Waals surface area contributed by atoms with E-state index < -0.39 is 0 Å². The summed E-state index contributed by atoms with van der Waals surface area (Å²) in [6.45, 7) is 0. The Hall–Kier alpha value is -1.42. The van der Waals surface area contributed by atoms with Crippen molar-refractivity contribution in [3.05, 3.63) is 63.6 Å². The van der Waals surface area contributed by atoms with E-state index in [2.05, 4.69) is 28.5 Å². The number of fused-ring (bicyclic) bond motifs is 1. The van der Waals surface area contributed by atoms with Crippen LogP contribution in [0.1, 0.15) is 16.5 Å². The maximum Gasteiger partial charge on any atom is 0.0704 e. The summed E-state index contributed by atoms with van der Waals surface area (Å²) in [6, 6.07) is 10.3. The van der Waals surface area contributed by atoms with Crippen molar-refractivity contribution in [1.82, 2.24) is 10.3 Å². The second-order valence-corrected chi connectivity index (χ2v) is 5.66. The number of aromatic nitrogens is 1. The Kier molecular flexibility index (Phi) is 3.51. The zero-order valence-corrected chi connectivity index (χ0v) is 12.0. The summed E-state index contributed by atoms with van der Waals surface area (Å²) in [4.78, 5) is 5.47. The van der Waals surface area contributed by atoms with Gasteiger partial charge in [0.1, 0.15) is 0 Å². The van der Waals surface area contributed by atoms with Gasteiger partial charge in [-0.25, -0.2) is 0 Å². The highest BCUT2D eigenvalue weighted by Gasteiger charge is 2.18. The standard InChI is InChI=1S/C15H13ClN2S/c1-17-14(15-13(16)6-7-19-15)12-9-18-8-10-4-2-3-5-11(10)12/h2-9,14,17H,1H3. The molecule has 4 heteroatoms. The molecule has 0 aliphatic heterocycles. The molecule has 3 aromatic rings. The third-order valence-corrected chi connectivity index (χ3v) is 4.63. The summed E-state index contributed by atoms with van der Waals surface area (Å²) in [5.41, 5.74) is 1.16. The van der Waals surface area contributed by atoms with Crippen molar-refractivity contribution in [3.63, 3.8) is 0 Å². The van der Waals surface area contributed by atoms with Crippen molar-refractivity contribution in [1.29, 1.82) is 0 Å². The van der Waals surface area contributed by atoms with Crippen LogP contribution in [0.15, 0.2) is 48.1 Å². The normalized spacial score (nSPS) is 12.7. The van der Waals surface area contributed by atoms with E-state index >= 15 is 0 Å². The molecule has 0 saturated heterocycles. The average molecular weight is 289 g/mol. The number of hydrogen-bond donors (Lipinski definition) is 1. The molecule has 19 heavy (non-hydrogen) atoms. The number of hydrogen-bond acceptors (Lipinski definition) is 3. The van der Waals surface area contributed by atoms with E-state index in [1.807, 2.05) is 37.0 Å². The number of rotatable bonds is 3. The molecule has 0 spiro atoms. The monoisotopic (exact) mass is 288 g/mol. The Bertz CT molecular complexity index is 703. The Morgan fingerprint density at radius 2 is 2.05 bits per heavy atom. The summed E-state index contributed by atoms with van der Waals surface area (Å²) in [6.07, 6.45) is 3.81. The van der Waals surface area contributed by atoms with Crippen molar-refractivity contribution in [2.75, 3.05) is 7.05 Å². The molecule has 2 heterocycles. The molecule has 2 aromatic heterocycles. The Morgan fingerprint density at radius 3 is 2.79 bits per heavy atom. The lowest BCUT2D eigenvalue weighted by atomic mass is 10.0. The van der Waals surface area contributed by atoms with Crippen LogP contribution in [0.25, 0.3) is 10.8 Å². The summed E-state index contributed by atoms with van der Waals surface area (Å²) in [5, 5.41) is 8.51. The van der Waals surface area contributed by atoms with Crippen LogP contribution in [-0.4, -0.2) is 12.0 Å². The van der Waals surface area contributed by atoms with E-state index in [1.54, 1.807) is 11.3 Å². The number of thiophene rings is 1. The molecule has 2 nitrogen and oxygen atoms in total. The van der Waals surface area contributed by atoms with Crippen LogP contribution in [0, 0.1) is 0 Å². The van der Waals surface area contributed by atoms with Gasteiger partial charge in [-0.3, -0.25) is 4.98 Å². The highest BCUT2D eigenvalue weighted by atomic mass is 35.5. The zero-order valence-electron chi connectivity index (χ0n) is 10.4. The fourth-order valence-corrected chi connectivity index (χ4v) is 3.60. The fourth-order valence-electron chi connectivity index (χ4n) is 2.31. The molecule has 0 fully saturated rings. The first-order valence-electron chi connectivity index (χ1n) is 6.04. The van der Waals surface area contributed by atoms with Gasteiger partial charge in [-0.1, -0.05) is 35.9 Å². The molecule has 0 aliphatic carbocycles. The molecule has 1 N–H and O–H groups in total. The summed E-state index contributed by atoms with van der Waals surface area (Å²) >= 11 is 7.93. The summed E-state index contributed by atoms with van der Waals surface area (Å²) in [5.74, 6) is 0. The molecule has 96 valence electrons. The predicted molar refractivity (Wildman–Crippen MR) is 82.0 cm³/mol. The molecule has 1 aromatic carbocycles. The van der Waals surface area contributed by atoms with Gasteiger partial charge in [-0.05, 0) is 23.9 Å². The van der Waals surface area contributed by atoms with Crippen molar-refractivity contribution < 1.29 is 0 Å². The smallest absolute Gasteiger partial charge is 0.0704 e. The van der Waals surface area contributed by atoms with Gasteiger partial charge >= 0.3 is 0 Å². The van der Waals surface area contributed by atoms with Crippen LogP contribution in [0.2, 0.25) is 5.02 Å². The SMILES string of the molecule is CNC(c1sccc1Cl)c1cncc2ccccc12. The lowest BCUT2D eigenvalue weighted by molar-refractivity contribution is 0.706. The minimum Gasteiger partial charge on any atom is -0.309 e. The minimum atomic E-state index is 0.0751. The second kappa shape index (κ2) is 5.29. The molecule has 0 saturated carbocycles. The molecule has 3 rings (SSSR count). The van der Waals surface area contributed by atoms with Crippen molar-refractivity contribution in [3.8, 4) is 0 Å². The van der Waals surface area contributed by atoms with Crippen molar-refractivity contribution in [2.45, 2.75) is 6.04 Å². The number of benzene rings is 1. The van der Waals surface area contributed by atoms with Crippen LogP contribution >= 0.6 is 22.9 Å². The molecule has 0 bridgehead atoms. The first kappa shape index (κ1) is 12.6. The Balaban J connectivity index is 2.20. The maximum absolute atomic E-state index is 6.26. The first-order valence-corrected chi connectivity index (χ1v) is 7.30. The van der Waals surface area contributed by atoms with E-state index in [0.717, 1.165) is 20.8 Å². The lowest BCUT2D eigenvalue weighted by Crippen LogP contribution is -2.17. The van der Waals surface area contributed by atoms with Crippen LogP contribution in [0.3, 0.4) is 0 Å². The summed E-state index contributed by atoms with van der Waals surface area (Å²) in [7, 11) is 1.95. The largest absolute Gasteiger partial charge is 0.309 e. The number of pyridine rings is 1. The molecular weight excluding hydrogens is 276 g/mol. The van der Waals surface area contributed by atoms with Crippen LogP contribution in [0.5, 0.6) is 0 Å². The average Bonchev–Trinajstić information content (AvgIpc) is 2.86. The quantitative estimate of drug-likeness (QED) is 0.779. The Morgan fingerprint density at radius 1 is 1.21 bits per heavy atom. The van der Waals surface area contributed by atoms with E-state index in [1.165, 1.54) is 5.39 Å². The van der Waals surface area contributed by atoms with Gasteiger partial charge in [0.05, 0.1) is 11.1 Å². The Labute approximate surface area is 121 Å². The van der Waals surface area contributed by atoms with Gasteiger partial charge in [0.15, 0.2) is 0 Å². The fraction of sp³-hybridized carbons (Fsp3) is 0.133. The third-order valence-electron chi connectivity index (χ3n) is 3.21. The van der Waals surface area contributed by atoms with E-state index in [0.29, 0.717) is 0 Å². The van der Waals surface area contributed by atoms with Crippen LogP contribution in [-0.2, 0) is 0 Å². The molecule has 0 radical (unpaired) electrons. The van der Waals surface area contributed by atoms with E-state index in [9.17, 15) is 0 Å². The van der Waals surface area contributed by atoms with Gasteiger partial charge in [0.2, 0.25) is 0 Å². The van der Waals surface area contributed by atoms with Gasteiger partial charge in [-0.2, -0.15) is 0 Å². The molecular formula is C15H13ClN2S. The predicted octanol–water partition coefficient (Wildman–Crippen LogP) is 4.26. The van der Waals surface area contributed by atoms with Gasteiger partial charge in [0, 0.05) is 28.2 Å². The maximum atomic E-state index is 6.26. The van der Waals surface area contributed by atoms with E-state index in [4.69, 9.17) is 11.6 Å². The van der Waals surface area contributed by atoms with Gasteiger partial charge in [-0.15, -0.1) is 11.3 Å². The number of nitrogens with zero attached hydrogens (tertiary/aromatic N) is 1. The molecule has 0 amide bonds. The molecule has 1 atom stereocenters. The lowest BCUT2D eigenvalue weighted by Gasteiger charge is -2.17. The van der Waals surface area contributed by atoms with Gasteiger partial charge < -0.3 is 5.32 Å². The highest BCUT2D eigenvalue weighted by Crippen LogP contribution is 2.35. The first-order chi connectivity index (χ1) is 9.31. The van der Waals surface area contributed by atoms with Crippen LogP contribution < -0.4 is 5.32 Å². The molecule has 0 aliphatic rings. The van der Waals surface area contributed by atoms with Crippen molar-refractivity contribution >= 4 is 33.7 Å². The van der Waals surface area contributed by atoms with Crippen LogP contribution in [0.4, 0.5) is 0 Å². The summed E-state index contributed by atoms with van der Waals surface area (Å²) < 4.78 is 0. The zero-order chi connectivity index (χ0) is 13.2. The highest BCUT2D eigenvalue weighted by molar-refractivity contribution is 7.10. The van der Waals surface area contributed by atoms with Gasteiger partial charge in [0.25, 0.3) is 0 Å². The third kappa shape index (κ3) is 2.25. The molecule has 1 unspecified atom stereocenters. The second-order valence-electron chi connectivity index (χ2n) is 4.30. The van der Waals surface area contributed by atoms with E-state index in [-0.39, 0.29) is 6.04 Å². The topological polar surface area (TPSA) is 24.9 Å². The minimum absolute atomic E-state index is 0.0751.